The van der Waals surface area contributed by atoms with Crippen molar-refractivity contribution in [1.82, 2.24) is 0 Å². The summed E-state index contributed by atoms with van der Waals surface area (Å²) in [6.45, 7) is 0.327. The van der Waals surface area contributed by atoms with Crippen molar-refractivity contribution in [2.45, 2.75) is 18.6 Å². The third-order valence-electron chi connectivity index (χ3n) is 4.10. The van der Waals surface area contributed by atoms with Crippen LogP contribution in [-0.4, -0.2) is 17.7 Å². The number of aldehydes is 1. The first-order valence-electron chi connectivity index (χ1n) is 7.86. The third-order valence-corrected chi connectivity index (χ3v) is 4.10. The lowest BCUT2D eigenvalue weighted by Gasteiger charge is -2.32. The van der Waals surface area contributed by atoms with E-state index in [1.165, 1.54) is 6.08 Å². The van der Waals surface area contributed by atoms with Gasteiger partial charge in [0.2, 0.25) is 0 Å². The van der Waals surface area contributed by atoms with Crippen LogP contribution in [0.4, 0.5) is 0 Å². The number of allylic oxidation sites excluding steroid dienone is 1. The topological polar surface area (TPSA) is 43.4 Å². The highest BCUT2D eigenvalue weighted by atomic mass is 16.5. The Morgan fingerprint density at radius 1 is 1.00 bits per heavy atom. The van der Waals surface area contributed by atoms with Crippen LogP contribution in [0.3, 0.4) is 0 Å². The fourth-order valence-electron chi connectivity index (χ4n) is 2.80. The van der Waals surface area contributed by atoms with E-state index in [0.717, 1.165) is 11.1 Å². The molecule has 0 fully saturated rings. The summed E-state index contributed by atoms with van der Waals surface area (Å²) in [5.74, 6) is -0.0768. The Labute approximate surface area is 141 Å². The van der Waals surface area contributed by atoms with Crippen molar-refractivity contribution in [3.05, 3.63) is 89.5 Å². The molecule has 0 radical (unpaired) electrons. The van der Waals surface area contributed by atoms with Gasteiger partial charge in [0.05, 0.1) is 6.61 Å². The largest absolute Gasteiger partial charge is 0.358 e. The average molecular weight is 318 g/mol. The highest BCUT2D eigenvalue weighted by molar-refractivity contribution is 6.09. The van der Waals surface area contributed by atoms with E-state index in [1.54, 1.807) is 12.2 Å². The SMILES string of the molecule is O=C/C=C/CC1(OCc2ccccc2)C=Cc2ccccc2C1=O. The van der Waals surface area contributed by atoms with Gasteiger partial charge in [0.15, 0.2) is 11.4 Å². The van der Waals surface area contributed by atoms with Crippen LogP contribution in [0.5, 0.6) is 0 Å². The molecule has 0 saturated carbocycles. The monoisotopic (exact) mass is 318 g/mol. The van der Waals surface area contributed by atoms with Crippen LogP contribution in [0.15, 0.2) is 72.8 Å². The Morgan fingerprint density at radius 3 is 2.54 bits per heavy atom. The molecule has 1 aliphatic rings. The number of fused-ring (bicyclic) bond motifs is 1. The molecule has 2 aromatic carbocycles. The number of rotatable bonds is 6. The number of carbonyl (C=O) groups is 2. The first-order valence-corrected chi connectivity index (χ1v) is 7.86. The van der Waals surface area contributed by atoms with Gasteiger partial charge in [0, 0.05) is 12.0 Å². The smallest absolute Gasteiger partial charge is 0.199 e. The van der Waals surface area contributed by atoms with Crippen molar-refractivity contribution in [2.75, 3.05) is 0 Å². The molecule has 0 N–H and O–H groups in total. The molecule has 24 heavy (non-hydrogen) atoms. The van der Waals surface area contributed by atoms with E-state index >= 15 is 0 Å². The number of hydrogen-bond donors (Lipinski definition) is 0. The summed E-state index contributed by atoms with van der Waals surface area (Å²) in [7, 11) is 0. The summed E-state index contributed by atoms with van der Waals surface area (Å²) in [5, 5.41) is 0. The maximum absolute atomic E-state index is 13.1. The molecule has 0 heterocycles. The van der Waals surface area contributed by atoms with Gasteiger partial charge in [-0.15, -0.1) is 0 Å². The number of hydrogen-bond acceptors (Lipinski definition) is 3. The van der Waals surface area contributed by atoms with Gasteiger partial charge in [-0.3, -0.25) is 9.59 Å². The fourth-order valence-corrected chi connectivity index (χ4v) is 2.80. The lowest BCUT2D eigenvalue weighted by molar-refractivity contribution is -0.104. The van der Waals surface area contributed by atoms with E-state index in [1.807, 2.05) is 60.7 Å². The molecule has 1 unspecified atom stereocenters. The van der Waals surface area contributed by atoms with Gasteiger partial charge in [-0.1, -0.05) is 66.7 Å². The van der Waals surface area contributed by atoms with Crippen LogP contribution in [0.1, 0.15) is 27.9 Å². The van der Waals surface area contributed by atoms with Gasteiger partial charge in [-0.05, 0) is 23.3 Å². The van der Waals surface area contributed by atoms with E-state index in [4.69, 9.17) is 4.74 Å². The molecule has 3 nitrogen and oxygen atoms in total. The van der Waals surface area contributed by atoms with Crippen LogP contribution in [0.25, 0.3) is 6.08 Å². The summed E-state index contributed by atoms with van der Waals surface area (Å²) >= 11 is 0. The Morgan fingerprint density at radius 2 is 1.75 bits per heavy atom. The first-order chi connectivity index (χ1) is 11.7. The number of benzene rings is 2. The van der Waals surface area contributed by atoms with Crippen LogP contribution in [0.2, 0.25) is 0 Å². The third kappa shape index (κ3) is 3.26. The molecule has 120 valence electrons. The Kier molecular flexibility index (Phi) is 4.82. The predicted octanol–water partition coefficient (Wildman–Crippen LogP) is 4.00. The number of Topliss-reactive ketones (excluding diaryl/α,β-unsaturated/α-hetero) is 1. The normalized spacial score (nSPS) is 19.4. The molecule has 2 aromatic rings. The van der Waals surface area contributed by atoms with Crippen molar-refractivity contribution >= 4 is 18.1 Å². The van der Waals surface area contributed by atoms with Gasteiger partial charge >= 0.3 is 0 Å². The second kappa shape index (κ2) is 7.20. The minimum Gasteiger partial charge on any atom is -0.358 e. The van der Waals surface area contributed by atoms with Crippen LogP contribution in [-0.2, 0) is 16.1 Å². The second-order valence-electron chi connectivity index (χ2n) is 5.68. The Balaban J connectivity index is 1.90. The van der Waals surface area contributed by atoms with E-state index in [9.17, 15) is 9.59 Å². The lowest BCUT2D eigenvalue weighted by Crippen LogP contribution is -2.41. The molecule has 3 rings (SSSR count). The van der Waals surface area contributed by atoms with E-state index in [-0.39, 0.29) is 5.78 Å². The molecule has 0 bridgehead atoms. The van der Waals surface area contributed by atoms with Crippen molar-refractivity contribution < 1.29 is 14.3 Å². The minimum absolute atomic E-state index is 0.0768. The zero-order valence-electron chi connectivity index (χ0n) is 13.2. The maximum atomic E-state index is 13.1. The second-order valence-corrected chi connectivity index (χ2v) is 5.68. The predicted molar refractivity (Wildman–Crippen MR) is 93.6 cm³/mol. The van der Waals surface area contributed by atoms with Crippen molar-refractivity contribution in [3.8, 4) is 0 Å². The molecule has 0 saturated heterocycles. The van der Waals surface area contributed by atoms with Crippen molar-refractivity contribution in [2.24, 2.45) is 0 Å². The highest BCUT2D eigenvalue weighted by Crippen LogP contribution is 2.32. The number of ketones is 1. The Bertz CT molecular complexity index is 790. The van der Waals surface area contributed by atoms with Crippen LogP contribution < -0.4 is 0 Å². The molecule has 1 aliphatic carbocycles. The zero-order valence-corrected chi connectivity index (χ0v) is 13.2. The quantitative estimate of drug-likeness (QED) is 0.597. The molecule has 3 heteroatoms. The number of ether oxygens (including phenoxy) is 1. The summed E-state index contributed by atoms with van der Waals surface area (Å²) in [5.41, 5.74) is 1.45. The van der Waals surface area contributed by atoms with Crippen LogP contribution >= 0.6 is 0 Å². The summed E-state index contributed by atoms with van der Waals surface area (Å²) in [6.07, 6.45) is 7.81. The molecule has 1 atom stereocenters. The summed E-state index contributed by atoms with van der Waals surface area (Å²) in [4.78, 5) is 23.6. The molecule has 0 aromatic heterocycles. The minimum atomic E-state index is -1.08. The summed E-state index contributed by atoms with van der Waals surface area (Å²) < 4.78 is 6.07. The van der Waals surface area contributed by atoms with Gasteiger partial charge < -0.3 is 4.74 Å². The van der Waals surface area contributed by atoms with Crippen molar-refractivity contribution in [1.29, 1.82) is 0 Å². The van der Waals surface area contributed by atoms with E-state index < -0.39 is 5.60 Å². The van der Waals surface area contributed by atoms with Crippen LogP contribution in [0, 0.1) is 0 Å². The molecular weight excluding hydrogens is 300 g/mol. The van der Waals surface area contributed by atoms with Gasteiger partial charge in [0.25, 0.3) is 0 Å². The van der Waals surface area contributed by atoms with Gasteiger partial charge in [0.1, 0.15) is 6.29 Å². The highest BCUT2D eigenvalue weighted by Gasteiger charge is 2.39. The molecule has 0 amide bonds. The summed E-state index contributed by atoms with van der Waals surface area (Å²) in [6, 6.07) is 17.2. The zero-order chi connectivity index (χ0) is 16.8. The molecule has 0 spiro atoms. The standard InChI is InChI=1S/C21H18O3/c22-15-7-6-13-21(24-16-17-8-2-1-3-9-17)14-12-18-10-4-5-11-19(18)20(21)23/h1-12,14-15H,13,16H2/b7-6+. The Hall–Kier alpha value is -2.78. The first kappa shape index (κ1) is 16.1. The molecular formula is C21H18O3. The van der Waals surface area contributed by atoms with Gasteiger partial charge in [-0.2, -0.15) is 0 Å². The van der Waals surface area contributed by atoms with E-state index in [2.05, 4.69) is 0 Å². The average Bonchev–Trinajstić information content (AvgIpc) is 2.64. The number of carbonyl (C=O) groups excluding carboxylic acids is 2. The maximum Gasteiger partial charge on any atom is 0.199 e. The van der Waals surface area contributed by atoms with E-state index in [0.29, 0.717) is 24.9 Å². The fraction of sp³-hybridized carbons (Fsp3) is 0.143. The lowest BCUT2D eigenvalue weighted by atomic mass is 9.82. The van der Waals surface area contributed by atoms with Crippen molar-refractivity contribution in [3.63, 3.8) is 0 Å². The van der Waals surface area contributed by atoms with Gasteiger partial charge in [-0.25, -0.2) is 0 Å². The molecule has 0 aliphatic heterocycles.